The van der Waals surface area contributed by atoms with Crippen molar-refractivity contribution in [2.45, 2.75) is 32.9 Å². The summed E-state index contributed by atoms with van der Waals surface area (Å²) in [6.07, 6.45) is 1.17. The molecule has 1 N–H and O–H groups in total. The predicted octanol–water partition coefficient (Wildman–Crippen LogP) is 3.30. The van der Waals surface area contributed by atoms with Crippen molar-refractivity contribution in [3.05, 3.63) is 34.6 Å². The molecule has 2 nitrogen and oxygen atoms in total. The van der Waals surface area contributed by atoms with Crippen LogP contribution in [-0.2, 0) is 6.54 Å². The Hall–Kier alpha value is -0.640. The van der Waals surface area contributed by atoms with E-state index in [1.54, 1.807) is 6.07 Å². The molecule has 1 aromatic carbocycles. The van der Waals surface area contributed by atoms with Gasteiger partial charge in [-0.3, -0.25) is 4.90 Å². The Balaban J connectivity index is 2.01. The van der Waals surface area contributed by atoms with Crippen LogP contribution in [0.1, 0.15) is 25.8 Å². The highest BCUT2D eigenvalue weighted by Gasteiger charge is 2.23. The van der Waals surface area contributed by atoms with Gasteiger partial charge in [-0.05, 0) is 17.5 Å². The Bertz CT molecular complexity index is 425. The minimum Gasteiger partial charge on any atom is -0.311 e. The number of hydrogen-bond acceptors (Lipinski definition) is 2. The highest BCUT2D eigenvalue weighted by Crippen LogP contribution is 2.22. The smallest absolute Gasteiger partial charge is 0.142 e. The van der Waals surface area contributed by atoms with Gasteiger partial charge in [-0.2, -0.15) is 0 Å². The molecule has 0 aromatic heterocycles. The Labute approximate surface area is 119 Å². The van der Waals surface area contributed by atoms with Gasteiger partial charge in [-0.25, -0.2) is 4.39 Å². The maximum Gasteiger partial charge on any atom is 0.142 e. The van der Waals surface area contributed by atoms with Crippen molar-refractivity contribution in [3.8, 4) is 0 Å². The molecule has 1 aliphatic heterocycles. The second kappa shape index (κ2) is 6.69. The monoisotopic (exact) mass is 284 g/mol. The van der Waals surface area contributed by atoms with E-state index in [2.05, 4.69) is 24.1 Å². The van der Waals surface area contributed by atoms with Crippen molar-refractivity contribution in [2.24, 2.45) is 5.92 Å². The number of piperazine rings is 1. The lowest BCUT2D eigenvalue weighted by Gasteiger charge is -2.36. The van der Waals surface area contributed by atoms with Gasteiger partial charge >= 0.3 is 0 Å². The largest absolute Gasteiger partial charge is 0.311 e. The van der Waals surface area contributed by atoms with Crippen molar-refractivity contribution >= 4 is 11.6 Å². The summed E-state index contributed by atoms with van der Waals surface area (Å²) in [4.78, 5) is 2.36. The maximum absolute atomic E-state index is 13.4. The fraction of sp³-hybridized carbons (Fsp3) is 0.600. The average Bonchev–Trinajstić information content (AvgIpc) is 2.43. The summed E-state index contributed by atoms with van der Waals surface area (Å²) in [5, 5.41) is 3.83. The van der Waals surface area contributed by atoms with Gasteiger partial charge in [0.25, 0.3) is 0 Å². The molecular weight excluding hydrogens is 263 g/mol. The maximum atomic E-state index is 13.4. The summed E-state index contributed by atoms with van der Waals surface area (Å²) in [6, 6.07) is 5.56. The van der Waals surface area contributed by atoms with Crippen molar-refractivity contribution < 1.29 is 4.39 Å². The molecule has 106 valence electrons. The van der Waals surface area contributed by atoms with Crippen LogP contribution in [0.2, 0.25) is 5.02 Å². The molecule has 19 heavy (non-hydrogen) atoms. The lowest BCUT2D eigenvalue weighted by atomic mass is 9.97. The number of nitrogens with one attached hydrogen (secondary N) is 1. The third-order valence-electron chi connectivity index (χ3n) is 4.05. The van der Waals surface area contributed by atoms with Gasteiger partial charge in [0, 0.05) is 32.2 Å². The minimum atomic E-state index is -0.326. The first-order valence-electron chi connectivity index (χ1n) is 7.00. The number of halogens is 2. The van der Waals surface area contributed by atoms with E-state index in [9.17, 15) is 4.39 Å². The summed E-state index contributed by atoms with van der Waals surface area (Å²) >= 11 is 6.02. The van der Waals surface area contributed by atoms with Crippen LogP contribution in [0.4, 0.5) is 4.39 Å². The van der Waals surface area contributed by atoms with Gasteiger partial charge in [0.15, 0.2) is 0 Å². The molecule has 1 saturated heterocycles. The molecule has 0 spiro atoms. The zero-order valence-corrected chi connectivity index (χ0v) is 12.4. The fourth-order valence-corrected chi connectivity index (χ4v) is 2.75. The number of rotatable bonds is 4. The van der Waals surface area contributed by atoms with Crippen LogP contribution in [0.15, 0.2) is 18.2 Å². The van der Waals surface area contributed by atoms with E-state index in [1.165, 1.54) is 12.5 Å². The van der Waals surface area contributed by atoms with Crippen molar-refractivity contribution in [1.82, 2.24) is 10.2 Å². The number of benzene rings is 1. The van der Waals surface area contributed by atoms with E-state index in [0.717, 1.165) is 31.7 Å². The van der Waals surface area contributed by atoms with Gasteiger partial charge in [-0.15, -0.1) is 0 Å². The van der Waals surface area contributed by atoms with Gasteiger partial charge in [-0.1, -0.05) is 44.0 Å². The van der Waals surface area contributed by atoms with Crippen LogP contribution in [0, 0.1) is 11.7 Å². The first-order chi connectivity index (χ1) is 9.11. The molecule has 2 atom stereocenters. The third kappa shape index (κ3) is 3.68. The zero-order chi connectivity index (χ0) is 13.8. The van der Waals surface area contributed by atoms with E-state index in [1.807, 2.05) is 6.07 Å². The topological polar surface area (TPSA) is 15.3 Å². The second-order valence-electron chi connectivity index (χ2n) is 5.39. The van der Waals surface area contributed by atoms with E-state index < -0.39 is 0 Å². The Kier molecular flexibility index (Phi) is 5.20. The Morgan fingerprint density at radius 1 is 1.53 bits per heavy atom. The first-order valence-corrected chi connectivity index (χ1v) is 7.38. The molecule has 2 unspecified atom stereocenters. The minimum absolute atomic E-state index is 0.265. The number of hydrogen-bond donors (Lipinski definition) is 1. The van der Waals surface area contributed by atoms with Crippen LogP contribution in [0.25, 0.3) is 0 Å². The molecule has 0 aliphatic carbocycles. The van der Waals surface area contributed by atoms with Crippen molar-refractivity contribution in [1.29, 1.82) is 0 Å². The summed E-state index contributed by atoms with van der Waals surface area (Å²) in [6.45, 7) is 8.19. The van der Waals surface area contributed by atoms with Crippen molar-refractivity contribution in [3.63, 3.8) is 0 Å². The molecule has 1 aromatic rings. The van der Waals surface area contributed by atoms with Gasteiger partial charge < -0.3 is 5.32 Å². The van der Waals surface area contributed by atoms with Crippen LogP contribution in [0.5, 0.6) is 0 Å². The van der Waals surface area contributed by atoms with Crippen LogP contribution >= 0.6 is 11.6 Å². The predicted molar refractivity (Wildman–Crippen MR) is 77.9 cm³/mol. The fourth-order valence-electron chi connectivity index (χ4n) is 2.56. The third-order valence-corrected chi connectivity index (χ3v) is 4.47. The van der Waals surface area contributed by atoms with E-state index in [-0.39, 0.29) is 10.8 Å². The molecule has 0 radical (unpaired) electrons. The van der Waals surface area contributed by atoms with Crippen molar-refractivity contribution in [2.75, 3.05) is 19.6 Å². The standard InChI is InChI=1S/C15H22ClFN2/c1-3-11(2)14-10-19(8-7-18-14)9-12-5-4-6-13(17)15(12)16/h4-6,11,14,18H,3,7-10H2,1-2H3. The summed E-state index contributed by atoms with van der Waals surface area (Å²) < 4.78 is 13.4. The molecule has 1 aliphatic rings. The lowest BCUT2D eigenvalue weighted by Crippen LogP contribution is -2.52. The highest BCUT2D eigenvalue weighted by molar-refractivity contribution is 6.31. The normalized spacial score (nSPS) is 22.4. The zero-order valence-electron chi connectivity index (χ0n) is 11.6. The molecule has 1 fully saturated rings. The van der Waals surface area contributed by atoms with Crippen LogP contribution in [0.3, 0.4) is 0 Å². The molecule has 0 amide bonds. The van der Waals surface area contributed by atoms with Gasteiger partial charge in [0.1, 0.15) is 5.82 Å². The summed E-state index contributed by atoms with van der Waals surface area (Å²) in [5.74, 6) is 0.332. The Morgan fingerprint density at radius 3 is 3.05 bits per heavy atom. The van der Waals surface area contributed by atoms with Crippen LogP contribution < -0.4 is 5.32 Å². The molecule has 0 saturated carbocycles. The molecule has 4 heteroatoms. The summed E-state index contributed by atoms with van der Waals surface area (Å²) in [7, 11) is 0. The molecule has 2 rings (SSSR count). The highest BCUT2D eigenvalue weighted by atomic mass is 35.5. The van der Waals surface area contributed by atoms with E-state index >= 15 is 0 Å². The van der Waals surface area contributed by atoms with Gasteiger partial charge in [0.2, 0.25) is 0 Å². The van der Waals surface area contributed by atoms with E-state index in [0.29, 0.717) is 12.0 Å². The van der Waals surface area contributed by atoms with Gasteiger partial charge in [0.05, 0.1) is 5.02 Å². The molecular formula is C15H22ClFN2. The van der Waals surface area contributed by atoms with E-state index in [4.69, 9.17) is 11.6 Å². The quantitative estimate of drug-likeness (QED) is 0.913. The molecule has 0 bridgehead atoms. The SMILES string of the molecule is CCC(C)C1CN(Cc2cccc(F)c2Cl)CCN1. The second-order valence-corrected chi connectivity index (χ2v) is 5.77. The number of nitrogens with zero attached hydrogens (tertiary/aromatic N) is 1. The Morgan fingerprint density at radius 2 is 2.32 bits per heavy atom. The average molecular weight is 285 g/mol. The first kappa shape index (κ1) is 14.8. The lowest BCUT2D eigenvalue weighted by molar-refractivity contribution is 0.162. The summed E-state index contributed by atoms with van der Waals surface area (Å²) in [5.41, 5.74) is 0.881. The molecule has 1 heterocycles. The van der Waals surface area contributed by atoms with Crippen LogP contribution in [-0.4, -0.2) is 30.6 Å².